The van der Waals surface area contributed by atoms with E-state index < -0.39 is 128 Å². The van der Waals surface area contributed by atoms with Crippen molar-refractivity contribution in [2.24, 2.45) is 11.7 Å². The lowest BCUT2D eigenvalue weighted by atomic mass is 9.89. The molecule has 0 aliphatic heterocycles. The summed E-state index contributed by atoms with van der Waals surface area (Å²) < 4.78 is 147. The van der Waals surface area contributed by atoms with Gasteiger partial charge in [0.15, 0.2) is 11.5 Å². The van der Waals surface area contributed by atoms with Gasteiger partial charge in [-0.2, -0.15) is 19.0 Å². The number of aromatic nitrogens is 7. The number of nitrogens with one attached hydrogen (secondary N) is 1. The molecule has 23 heteroatoms. The van der Waals surface area contributed by atoms with Crippen LogP contribution in [0.15, 0.2) is 53.5 Å². The van der Waals surface area contributed by atoms with Crippen LogP contribution >= 0.6 is 11.6 Å². The van der Waals surface area contributed by atoms with E-state index in [4.69, 9.17) is 17.3 Å². The van der Waals surface area contributed by atoms with Crippen LogP contribution in [-0.4, -0.2) is 61.1 Å². The summed E-state index contributed by atoms with van der Waals surface area (Å²) in [7, 11) is -4.15. The number of nitrogens with zero attached hydrogens (tertiary/aromatic N) is 7. The number of anilines is 1. The van der Waals surface area contributed by atoms with Gasteiger partial charge in [0, 0.05) is 23.7 Å². The summed E-state index contributed by atoms with van der Waals surface area (Å²) in [4.78, 5) is 37.2. The number of pyridine rings is 1. The molecule has 1 amide bonds. The van der Waals surface area contributed by atoms with E-state index >= 15 is 8.78 Å². The maximum Gasteiger partial charge on any atom is 0.293 e. The molecule has 0 bridgehead atoms. The van der Waals surface area contributed by atoms with E-state index in [2.05, 4.69) is 24.9 Å². The highest BCUT2D eigenvalue weighted by Crippen LogP contribution is 2.68. The Hall–Kier alpha value is -5.64. The number of nitrogens with two attached hydrogens (primary N) is 1. The topological polar surface area (TPSA) is 173 Å². The minimum Gasteiger partial charge on any atom is -0.368 e. The highest BCUT2D eigenvalue weighted by Gasteiger charge is 2.67. The number of hydrogen-bond donors (Lipinski definition) is 2. The van der Waals surface area contributed by atoms with Crippen molar-refractivity contribution in [3.05, 3.63) is 104 Å². The highest BCUT2D eigenvalue weighted by atomic mass is 35.5. The molecule has 4 aromatic heterocycles. The van der Waals surface area contributed by atoms with Gasteiger partial charge in [0.1, 0.15) is 41.4 Å². The highest BCUT2D eigenvalue weighted by molar-refractivity contribution is 7.92. The zero-order chi connectivity index (χ0) is 41.7. The van der Waals surface area contributed by atoms with Gasteiger partial charge < -0.3 is 5.73 Å². The largest absolute Gasteiger partial charge is 0.368 e. The monoisotopic (exact) mass is 855 g/mol. The summed E-state index contributed by atoms with van der Waals surface area (Å²) >= 11 is 6.51. The van der Waals surface area contributed by atoms with Crippen molar-refractivity contribution < 1.29 is 48.3 Å². The van der Waals surface area contributed by atoms with Gasteiger partial charge in [0.05, 0.1) is 39.2 Å². The molecule has 58 heavy (non-hydrogen) atoms. The average molecular weight is 856 g/mol. The van der Waals surface area contributed by atoms with Crippen LogP contribution in [0.4, 0.5) is 40.9 Å². The number of carbonyl (C=O) groups excluding carboxylic acids is 1. The van der Waals surface area contributed by atoms with Crippen molar-refractivity contribution >= 4 is 55.3 Å². The third kappa shape index (κ3) is 6.50. The molecule has 4 heterocycles. The minimum atomic E-state index is -4.15. The number of primary amides is 1. The molecule has 0 radical (unpaired) electrons. The first-order valence-corrected chi connectivity index (χ1v) is 19.4. The molecule has 1 fully saturated rings. The van der Waals surface area contributed by atoms with E-state index in [0.29, 0.717) is 15.4 Å². The Labute approximate surface area is 325 Å². The van der Waals surface area contributed by atoms with Crippen molar-refractivity contribution in [3.8, 4) is 5.69 Å². The number of carbonyl (C=O) groups is 1. The Morgan fingerprint density at radius 3 is 2.43 bits per heavy atom. The first-order chi connectivity index (χ1) is 27.3. The number of rotatable bonds is 12. The molecule has 4 atom stereocenters. The fourth-order valence-electron chi connectivity index (χ4n) is 7.90. The molecule has 2 aliphatic carbocycles. The number of benzene rings is 2. The van der Waals surface area contributed by atoms with Crippen LogP contribution in [0.2, 0.25) is 5.02 Å². The second kappa shape index (κ2) is 13.7. The fraction of sp³-hybridized carbons (Fsp3) is 0.314. The quantitative estimate of drug-likeness (QED) is 0.139. The summed E-state index contributed by atoms with van der Waals surface area (Å²) in [6.07, 6.45) is -5.49. The Morgan fingerprint density at radius 1 is 1.09 bits per heavy atom. The van der Waals surface area contributed by atoms with Crippen LogP contribution in [0.25, 0.3) is 27.6 Å². The number of halogens is 9. The second-order valence-electron chi connectivity index (χ2n) is 14.0. The Balaban J connectivity index is 1.49. The van der Waals surface area contributed by atoms with E-state index in [-0.39, 0.29) is 33.4 Å². The second-order valence-corrected chi connectivity index (χ2v) is 16.1. The number of alkyl halides is 6. The van der Waals surface area contributed by atoms with Gasteiger partial charge in [-0.05, 0) is 60.7 Å². The molecule has 2 aliphatic rings. The van der Waals surface area contributed by atoms with Gasteiger partial charge in [0.25, 0.3) is 24.3 Å². The Morgan fingerprint density at radius 2 is 1.79 bits per heavy atom. The summed E-state index contributed by atoms with van der Waals surface area (Å²) in [5.74, 6) is -13.0. The maximum atomic E-state index is 16.1. The number of fused-ring (bicyclic) bond motifs is 5. The minimum absolute atomic E-state index is 0.148. The average Bonchev–Trinajstić information content (AvgIpc) is 3.63. The molecular formula is C35H26ClF8N9O4S. The zero-order valence-corrected chi connectivity index (χ0v) is 30.9. The van der Waals surface area contributed by atoms with Gasteiger partial charge in [-0.3, -0.25) is 23.6 Å². The predicted molar refractivity (Wildman–Crippen MR) is 191 cm³/mol. The van der Waals surface area contributed by atoms with Gasteiger partial charge in [-0.1, -0.05) is 11.6 Å². The van der Waals surface area contributed by atoms with E-state index in [1.165, 1.54) is 18.3 Å². The van der Waals surface area contributed by atoms with Crippen LogP contribution < -0.4 is 16.0 Å². The molecule has 6 aromatic rings. The normalized spacial score (nSPS) is 18.2. The van der Waals surface area contributed by atoms with Gasteiger partial charge in [-0.15, -0.1) is 0 Å². The molecule has 0 saturated heterocycles. The third-order valence-electron chi connectivity index (χ3n) is 10.1. The standard InChI is InChI=1S/C35H26ClF8N9O4S/c1-58(56,57)50-32-24-20(36)4-5-21(27(24)51(49-32)12-22(39)40)52-33(47-31-16(34(52)55)3-2-6-46-31)18(9-13-7-14(37)10-15(38)8-13)26(30(45)54)53-28-23(25(48-53)29(41)42)17-11-19(17)35(28,43)44/h2-8,10,17-19,22,26,29H,9,11-12H2,1H3,(H2,45,54)(H,49,50)/t17-,18-,19+,26?/m0/s1. The predicted octanol–water partition coefficient (Wildman–Crippen LogP) is 6.09. The molecule has 304 valence electrons. The van der Waals surface area contributed by atoms with Crippen molar-refractivity contribution in [1.82, 2.24) is 34.1 Å². The summed E-state index contributed by atoms with van der Waals surface area (Å²) in [5.41, 5.74) is 0.942. The van der Waals surface area contributed by atoms with Crippen molar-refractivity contribution in [3.63, 3.8) is 0 Å². The van der Waals surface area contributed by atoms with Crippen molar-refractivity contribution in [2.75, 3.05) is 11.0 Å². The van der Waals surface area contributed by atoms with E-state index in [0.717, 1.165) is 35.1 Å². The summed E-state index contributed by atoms with van der Waals surface area (Å²) in [6, 6.07) is 4.78. The van der Waals surface area contributed by atoms with Crippen LogP contribution in [0.1, 0.15) is 59.1 Å². The van der Waals surface area contributed by atoms with Gasteiger partial charge >= 0.3 is 0 Å². The summed E-state index contributed by atoms with van der Waals surface area (Å²) in [6.45, 7) is -1.20. The molecule has 8 rings (SSSR count). The van der Waals surface area contributed by atoms with Crippen LogP contribution in [-0.2, 0) is 33.7 Å². The van der Waals surface area contributed by atoms with E-state index in [1.807, 2.05) is 0 Å². The van der Waals surface area contributed by atoms with E-state index in [9.17, 15) is 44.3 Å². The fourth-order valence-corrected chi connectivity index (χ4v) is 8.64. The maximum absolute atomic E-state index is 16.1. The van der Waals surface area contributed by atoms with Crippen molar-refractivity contribution in [2.45, 2.75) is 56.0 Å². The molecule has 1 unspecified atom stereocenters. The first-order valence-electron chi connectivity index (χ1n) is 17.1. The van der Waals surface area contributed by atoms with Crippen LogP contribution in [0, 0.1) is 17.6 Å². The SMILES string of the molecule is CS(=O)(=O)Nc1nn(CC(F)F)c2c(-n3c([C@@H](Cc4cc(F)cc(F)c4)C(C(N)=O)n4nc(C(F)F)c5c4C(F)(F)[C@@H]4C[C@H]54)nc4ncccc4c3=O)ccc(Cl)c12. The lowest BCUT2D eigenvalue weighted by Gasteiger charge is -2.30. The number of amides is 1. The zero-order valence-electron chi connectivity index (χ0n) is 29.4. The lowest BCUT2D eigenvalue weighted by Crippen LogP contribution is -2.39. The van der Waals surface area contributed by atoms with Gasteiger partial charge in [-0.25, -0.2) is 49.4 Å². The first kappa shape index (κ1) is 39.2. The Bertz CT molecular complexity index is 2850. The molecule has 3 N–H and O–H groups in total. The van der Waals surface area contributed by atoms with Crippen molar-refractivity contribution in [1.29, 1.82) is 0 Å². The lowest BCUT2D eigenvalue weighted by molar-refractivity contribution is -0.122. The smallest absolute Gasteiger partial charge is 0.293 e. The number of hydrogen-bond acceptors (Lipinski definition) is 8. The van der Waals surface area contributed by atoms with E-state index in [1.54, 1.807) is 0 Å². The molecule has 2 aromatic carbocycles. The van der Waals surface area contributed by atoms with Gasteiger partial charge in [0.2, 0.25) is 15.9 Å². The molecular weight excluding hydrogens is 830 g/mol. The van der Waals surface area contributed by atoms with Crippen LogP contribution in [0.5, 0.6) is 0 Å². The molecule has 0 spiro atoms. The van der Waals surface area contributed by atoms with Crippen LogP contribution in [0.3, 0.4) is 0 Å². The Kier molecular flexibility index (Phi) is 9.29. The molecule has 13 nitrogen and oxygen atoms in total. The number of sulfonamides is 1. The summed E-state index contributed by atoms with van der Waals surface area (Å²) in [5, 5.41) is 7.03. The third-order valence-corrected chi connectivity index (χ3v) is 11.0. The molecule has 1 saturated carbocycles.